The summed E-state index contributed by atoms with van der Waals surface area (Å²) in [6.07, 6.45) is 4.85. The predicted octanol–water partition coefficient (Wildman–Crippen LogP) is 1.26. The summed E-state index contributed by atoms with van der Waals surface area (Å²) in [5, 5.41) is 0. The van der Waals surface area contributed by atoms with Crippen molar-refractivity contribution in [3.05, 3.63) is 24.5 Å². The molecule has 1 aromatic rings. The maximum atomic E-state index is 5.99. The van der Waals surface area contributed by atoms with Crippen LogP contribution in [0.4, 0.5) is 5.69 Å². The quantitative estimate of drug-likeness (QED) is 0.726. The molecule has 1 aromatic heterocycles. The van der Waals surface area contributed by atoms with Crippen molar-refractivity contribution in [3.63, 3.8) is 0 Å². The number of hydrogen-bond donors (Lipinski definition) is 1. The van der Waals surface area contributed by atoms with Gasteiger partial charge in [0.1, 0.15) is 0 Å². The highest BCUT2D eigenvalue weighted by Gasteiger charge is 2.22. The molecule has 2 atom stereocenters. The molecule has 1 fully saturated rings. The second kappa shape index (κ2) is 3.96. The molecule has 0 unspecified atom stereocenters. The van der Waals surface area contributed by atoms with Gasteiger partial charge in [-0.05, 0) is 24.5 Å². The van der Waals surface area contributed by atoms with Crippen LogP contribution in [0.25, 0.3) is 0 Å². The maximum Gasteiger partial charge on any atom is 0.0553 e. The SMILES string of the molecule is C[C@@H]1C[C@H](N)CN(c2cccnc2)C1. The maximum absolute atomic E-state index is 5.99. The minimum absolute atomic E-state index is 0.305. The minimum Gasteiger partial charge on any atom is -0.368 e. The van der Waals surface area contributed by atoms with Crippen molar-refractivity contribution in [2.45, 2.75) is 19.4 Å². The van der Waals surface area contributed by atoms with Gasteiger partial charge in [-0.1, -0.05) is 6.92 Å². The van der Waals surface area contributed by atoms with Crippen LogP contribution in [0.3, 0.4) is 0 Å². The molecule has 14 heavy (non-hydrogen) atoms. The van der Waals surface area contributed by atoms with Crippen LogP contribution in [0.1, 0.15) is 13.3 Å². The molecule has 0 bridgehead atoms. The zero-order valence-electron chi connectivity index (χ0n) is 8.56. The summed E-state index contributed by atoms with van der Waals surface area (Å²) in [4.78, 5) is 6.45. The number of rotatable bonds is 1. The average Bonchev–Trinajstić information content (AvgIpc) is 2.18. The van der Waals surface area contributed by atoms with E-state index in [9.17, 15) is 0 Å². The molecular weight excluding hydrogens is 174 g/mol. The summed E-state index contributed by atoms with van der Waals surface area (Å²) < 4.78 is 0. The third-order valence-corrected chi connectivity index (χ3v) is 2.70. The number of hydrogen-bond acceptors (Lipinski definition) is 3. The standard InChI is InChI=1S/C11H17N3/c1-9-5-10(12)8-14(7-9)11-3-2-4-13-6-11/h2-4,6,9-10H,5,7-8,12H2,1H3/t9-,10+/m1/s1. The molecule has 0 saturated carbocycles. The van der Waals surface area contributed by atoms with Crippen molar-refractivity contribution >= 4 is 5.69 Å². The summed E-state index contributed by atoms with van der Waals surface area (Å²) >= 11 is 0. The lowest BCUT2D eigenvalue weighted by Crippen LogP contribution is -2.46. The molecule has 0 aromatic carbocycles. The third kappa shape index (κ3) is 2.04. The molecule has 3 nitrogen and oxygen atoms in total. The highest BCUT2D eigenvalue weighted by molar-refractivity contribution is 5.44. The van der Waals surface area contributed by atoms with E-state index in [1.807, 2.05) is 12.3 Å². The number of pyridine rings is 1. The molecular formula is C11H17N3. The summed E-state index contributed by atoms with van der Waals surface area (Å²) in [6.45, 7) is 4.30. The molecule has 3 heteroatoms. The molecule has 0 radical (unpaired) electrons. The minimum atomic E-state index is 0.305. The summed E-state index contributed by atoms with van der Waals surface area (Å²) in [5.74, 6) is 0.680. The topological polar surface area (TPSA) is 42.1 Å². The van der Waals surface area contributed by atoms with E-state index in [0.717, 1.165) is 19.5 Å². The highest BCUT2D eigenvalue weighted by Crippen LogP contribution is 2.21. The van der Waals surface area contributed by atoms with Gasteiger partial charge in [-0.3, -0.25) is 4.98 Å². The Labute approximate surface area is 84.9 Å². The molecule has 2 heterocycles. The molecule has 1 aliphatic rings. The number of nitrogens with two attached hydrogens (primary N) is 1. The fourth-order valence-electron chi connectivity index (χ4n) is 2.15. The number of anilines is 1. The summed E-state index contributed by atoms with van der Waals surface area (Å²) in [5.41, 5.74) is 7.18. The monoisotopic (exact) mass is 191 g/mol. The zero-order chi connectivity index (χ0) is 9.97. The van der Waals surface area contributed by atoms with Crippen LogP contribution in [0.15, 0.2) is 24.5 Å². The highest BCUT2D eigenvalue weighted by atomic mass is 15.2. The van der Waals surface area contributed by atoms with E-state index in [0.29, 0.717) is 12.0 Å². The van der Waals surface area contributed by atoms with Gasteiger partial charge < -0.3 is 10.6 Å². The van der Waals surface area contributed by atoms with E-state index in [2.05, 4.69) is 22.9 Å². The van der Waals surface area contributed by atoms with Crippen LogP contribution in [0, 0.1) is 5.92 Å². The summed E-state index contributed by atoms with van der Waals surface area (Å²) in [7, 11) is 0. The van der Waals surface area contributed by atoms with Crippen LogP contribution in [-0.2, 0) is 0 Å². The van der Waals surface area contributed by atoms with E-state index in [4.69, 9.17) is 5.73 Å². The van der Waals surface area contributed by atoms with Crippen LogP contribution in [0.5, 0.6) is 0 Å². The molecule has 76 valence electrons. The number of aromatic nitrogens is 1. The third-order valence-electron chi connectivity index (χ3n) is 2.70. The Kier molecular flexibility index (Phi) is 2.68. The van der Waals surface area contributed by atoms with E-state index in [1.165, 1.54) is 5.69 Å². The first-order chi connectivity index (χ1) is 6.75. The van der Waals surface area contributed by atoms with Gasteiger partial charge in [0.25, 0.3) is 0 Å². The molecule has 0 amide bonds. The van der Waals surface area contributed by atoms with Crippen LogP contribution in [0.2, 0.25) is 0 Å². The van der Waals surface area contributed by atoms with E-state index in [1.54, 1.807) is 6.20 Å². The fourth-order valence-corrected chi connectivity index (χ4v) is 2.15. The van der Waals surface area contributed by atoms with Gasteiger partial charge in [-0.2, -0.15) is 0 Å². The van der Waals surface area contributed by atoms with Gasteiger partial charge in [0.15, 0.2) is 0 Å². The predicted molar refractivity (Wildman–Crippen MR) is 58.2 cm³/mol. The Morgan fingerprint density at radius 1 is 1.50 bits per heavy atom. The van der Waals surface area contributed by atoms with E-state index >= 15 is 0 Å². The van der Waals surface area contributed by atoms with Crippen molar-refractivity contribution in [1.29, 1.82) is 0 Å². The Morgan fingerprint density at radius 2 is 2.36 bits per heavy atom. The van der Waals surface area contributed by atoms with Gasteiger partial charge >= 0.3 is 0 Å². The van der Waals surface area contributed by atoms with Gasteiger partial charge in [0.05, 0.1) is 11.9 Å². The van der Waals surface area contributed by atoms with Crippen molar-refractivity contribution in [3.8, 4) is 0 Å². The molecule has 2 rings (SSSR count). The lowest BCUT2D eigenvalue weighted by molar-refractivity contribution is 0.401. The molecule has 0 spiro atoms. The second-order valence-electron chi connectivity index (χ2n) is 4.22. The normalized spacial score (nSPS) is 27.7. The molecule has 0 aliphatic carbocycles. The lowest BCUT2D eigenvalue weighted by atomic mass is 9.96. The zero-order valence-corrected chi connectivity index (χ0v) is 8.56. The van der Waals surface area contributed by atoms with Gasteiger partial charge in [0.2, 0.25) is 0 Å². The van der Waals surface area contributed by atoms with Crippen molar-refractivity contribution in [1.82, 2.24) is 4.98 Å². The van der Waals surface area contributed by atoms with Gasteiger partial charge in [0, 0.05) is 25.3 Å². The number of piperidine rings is 1. The van der Waals surface area contributed by atoms with Crippen molar-refractivity contribution < 1.29 is 0 Å². The Hall–Kier alpha value is -1.09. The Bertz CT molecular complexity index is 276. The van der Waals surface area contributed by atoms with Crippen molar-refractivity contribution in [2.24, 2.45) is 11.7 Å². The van der Waals surface area contributed by atoms with E-state index < -0.39 is 0 Å². The first kappa shape index (κ1) is 9.46. The smallest absolute Gasteiger partial charge is 0.0553 e. The molecule has 2 N–H and O–H groups in total. The first-order valence-corrected chi connectivity index (χ1v) is 5.16. The Morgan fingerprint density at radius 3 is 3.00 bits per heavy atom. The fraction of sp³-hybridized carbons (Fsp3) is 0.545. The largest absolute Gasteiger partial charge is 0.368 e. The van der Waals surface area contributed by atoms with Crippen molar-refractivity contribution in [2.75, 3.05) is 18.0 Å². The van der Waals surface area contributed by atoms with Crippen LogP contribution < -0.4 is 10.6 Å². The molecule has 1 saturated heterocycles. The van der Waals surface area contributed by atoms with E-state index in [-0.39, 0.29) is 0 Å². The molecule has 1 aliphatic heterocycles. The summed E-state index contributed by atoms with van der Waals surface area (Å²) in [6, 6.07) is 4.37. The van der Waals surface area contributed by atoms with Crippen LogP contribution >= 0.6 is 0 Å². The Balaban J connectivity index is 2.11. The van der Waals surface area contributed by atoms with Crippen LogP contribution in [-0.4, -0.2) is 24.1 Å². The second-order valence-corrected chi connectivity index (χ2v) is 4.22. The first-order valence-electron chi connectivity index (χ1n) is 5.16. The van der Waals surface area contributed by atoms with Gasteiger partial charge in [-0.25, -0.2) is 0 Å². The van der Waals surface area contributed by atoms with Gasteiger partial charge in [-0.15, -0.1) is 0 Å². The average molecular weight is 191 g/mol. The lowest BCUT2D eigenvalue weighted by Gasteiger charge is -2.36. The number of nitrogens with zero attached hydrogens (tertiary/aromatic N) is 2.